The van der Waals surface area contributed by atoms with Gasteiger partial charge in [0.1, 0.15) is 9.49 Å². The largest absolute Gasteiger partial charge is 0.264 e. The van der Waals surface area contributed by atoms with E-state index >= 15 is 0 Å². The second kappa shape index (κ2) is 16.8. The number of hydrogen-bond acceptors (Lipinski definition) is 10. The van der Waals surface area contributed by atoms with Gasteiger partial charge in [-0.1, -0.05) is 81.2 Å². The van der Waals surface area contributed by atoms with Gasteiger partial charge in [0.15, 0.2) is 0 Å². The summed E-state index contributed by atoms with van der Waals surface area (Å²) in [6.07, 6.45) is 10.4. The van der Waals surface area contributed by atoms with Gasteiger partial charge in [-0.05, 0) is 61.4 Å². The van der Waals surface area contributed by atoms with Crippen LogP contribution in [0.25, 0.3) is 0 Å². The third-order valence-electron chi connectivity index (χ3n) is 6.39. The molecule has 2 aromatic heterocycles. The fourth-order valence-corrected chi connectivity index (χ4v) is 6.67. The van der Waals surface area contributed by atoms with Gasteiger partial charge >= 0.3 is 0 Å². The van der Waals surface area contributed by atoms with E-state index in [-0.39, 0.29) is 12.8 Å². The maximum absolute atomic E-state index is 10.4. The number of halogens is 2. The normalized spacial score (nSPS) is 14.8. The van der Waals surface area contributed by atoms with E-state index in [4.69, 9.17) is 23.2 Å². The molecule has 0 spiro atoms. The van der Waals surface area contributed by atoms with Crippen molar-refractivity contribution in [1.29, 1.82) is 10.5 Å². The molecule has 0 saturated heterocycles. The average Bonchev–Trinajstić information content (AvgIpc) is 3.08. The smallest absolute Gasteiger partial charge is 0.115 e. The molecule has 0 bridgehead atoms. The summed E-state index contributed by atoms with van der Waals surface area (Å²) in [5.41, 5.74) is 4.35. The summed E-state index contributed by atoms with van der Waals surface area (Å²) < 4.78 is -1.94. The van der Waals surface area contributed by atoms with Crippen molar-refractivity contribution in [3.8, 4) is 12.1 Å². The molecule has 4 rings (SSSR count). The monoisotopic (exact) mass is 682 g/mol. The van der Waals surface area contributed by atoms with Crippen molar-refractivity contribution in [2.24, 2.45) is 20.4 Å². The molecule has 8 nitrogen and oxygen atoms in total. The maximum Gasteiger partial charge on any atom is 0.115 e. The number of nitrogens with zero attached hydrogens (tertiary/aromatic N) is 8. The topological polar surface area (TPSA) is 123 Å². The van der Waals surface area contributed by atoms with Gasteiger partial charge < -0.3 is 0 Å². The van der Waals surface area contributed by atoms with Crippen LogP contribution in [0.4, 0.5) is 0 Å². The lowest BCUT2D eigenvalue weighted by atomic mass is 9.99. The molecule has 2 aromatic carbocycles. The van der Waals surface area contributed by atoms with Crippen molar-refractivity contribution in [2.75, 3.05) is 0 Å². The summed E-state index contributed by atoms with van der Waals surface area (Å²) >= 11 is 12.3. The second-order valence-corrected chi connectivity index (χ2v) is 14.4. The highest BCUT2D eigenvalue weighted by Gasteiger charge is 2.35. The molecular formula is C34H28Cl2N8S2. The summed E-state index contributed by atoms with van der Waals surface area (Å²) in [7, 11) is 2.63. The minimum Gasteiger partial charge on any atom is -0.264 e. The van der Waals surface area contributed by atoms with E-state index in [0.29, 0.717) is 21.5 Å². The standard InChI is InChI=1S/C34H28Cl2N8S2/c1-33(23-37,17-31(27-7-11-29(35)12-8-27)43-41-21-25-5-3-15-39-19-25)45-46-34(2,24-38)18-32(28-9-13-30(36)14-10-28)44-42-22-26-6-4-16-40-20-26/h3-16,19-22H,17-18H2,1-2H3. The van der Waals surface area contributed by atoms with Crippen LogP contribution in [0.15, 0.2) is 118 Å². The molecule has 2 heterocycles. The molecule has 2 atom stereocenters. The fraction of sp³-hybridized carbons (Fsp3) is 0.176. The van der Waals surface area contributed by atoms with Gasteiger partial charge in [-0.2, -0.15) is 30.9 Å². The quantitative estimate of drug-likeness (QED) is 0.0788. The number of hydrogen-bond donors (Lipinski definition) is 0. The molecule has 4 aromatic rings. The van der Waals surface area contributed by atoms with Gasteiger partial charge in [0.05, 0.1) is 36.0 Å². The van der Waals surface area contributed by atoms with Crippen LogP contribution in [0.5, 0.6) is 0 Å². The zero-order chi connectivity index (χ0) is 32.8. The Morgan fingerprint density at radius 3 is 1.41 bits per heavy atom. The van der Waals surface area contributed by atoms with Crippen LogP contribution in [0.3, 0.4) is 0 Å². The molecule has 0 N–H and O–H groups in total. The van der Waals surface area contributed by atoms with E-state index in [1.54, 1.807) is 61.5 Å². The molecule has 2 unspecified atom stereocenters. The van der Waals surface area contributed by atoms with Crippen LogP contribution in [0, 0.1) is 22.7 Å². The SMILES string of the molecule is CC(C#N)(CC(=NN=Cc1cccnc1)c1ccc(Cl)cc1)SSC(C)(C#N)CC(=NN=Cc1cccnc1)c1ccc(Cl)cc1. The Labute approximate surface area is 286 Å². The van der Waals surface area contributed by atoms with Gasteiger partial charge in [-0.25, -0.2) is 0 Å². The molecule has 0 fully saturated rings. The van der Waals surface area contributed by atoms with Crippen LogP contribution in [0.2, 0.25) is 10.0 Å². The van der Waals surface area contributed by atoms with E-state index < -0.39 is 9.49 Å². The van der Waals surface area contributed by atoms with Crippen molar-refractivity contribution in [1.82, 2.24) is 9.97 Å². The highest BCUT2D eigenvalue weighted by Crippen LogP contribution is 2.47. The van der Waals surface area contributed by atoms with E-state index in [1.807, 2.05) is 62.4 Å². The Morgan fingerprint density at radius 1 is 0.696 bits per heavy atom. The first-order valence-corrected chi connectivity index (χ1v) is 16.8. The molecule has 230 valence electrons. The average molecular weight is 684 g/mol. The third-order valence-corrected chi connectivity index (χ3v) is 10.6. The highest BCUT2D eigenvalue weighted by atomic mass is 35.5. The lowest BCUT2D eigenvalue weighted by Crippen LogP contribution is -2.26. The molecule has 0 amide bonds. The molecular weight excluding hydrogens is 655 g/mol. The van der Waals surface area contributed by atoms with Crippen molar-refractivity contribution in [3.05, 3.63) is 130 Å². The number of pyridine rings is 2. The molecule has 46 heavy (non-hydrogen) atoms. The van der Waals surface area contributed by atoms with E-state index in [1.165, 1.54) is 21.6 Å². The molecule has 0 saturated carbocycles. The molecule has 0 aliphatic heterocycles. The van der Waals surface area contributed by atoms with E-state index in [0.717, 1.165) is 22.3 Å². The number of nitriles is 2. The Hall–Kier alpha value is -4.32. The Balaban J connectivity index is 1.57. The summed E-state index contributed by atoms with van der Waals surface area (Å²) in [5, 5.41) is 39.4. The van der Waals surface area contributed by atoms with Crippen LogP contribution in [-0.2, 0) is 0 Å². The van der Waals surface area contributed by atoms with Gasteiger partial charge in [-0.3, -0.25) is 9.97 Å². The lowest BCUT2D eigenvalue weighted by Gasteiger charge is -2.27. The van der Waals surface area contributed by atoms with Crippen molar-refractivity contribution in [3.63, 3.8) is 0 Å². The van der Waals surface area contributed by atoms with Crippen molar-refractivity contribution < 1.29 is 0 Å². The first kappa shape index (κ1) is 34.6. The summed E-state index contributed by atoms with van der Waals surface area (Å²) in [6.45, 7) is 3.65. The lowest BCUT2D eigenvalue weighted by molar-refractivity contribution is 0.840. The minimum absolute atomic E-state index is 0.252. The Kier molecular flexibility index (Phi) is 12.6. The van der Waals surface area contributed by atoms with Gasteiger partial charge in [0, 0.05) is 58.8 Å². The molecule has 0 aliphatic rings. The number of rotatable bonds is 13. The van der Waals surface area contributed by atoms with Crippen LogP contribution < -0.4 is 0 Å². The van der Waals surface area contributed by atoms with Crippen molar-refractivity contribution in [2.45, 2.75) is 36.2 Å². The number of benzene rings is 2. The van der Waals surface area contributed by atoms with Crippen LogP contribution in [0.1, 0.15) is 48.9 Å². The predicted molar refractivity (Wildman–Crippen MR) is 192 cm³/mol. The summed E-state index contributed by atoms with van der Waals surface area (Å²) in [5.74, 6) is 0. The number of aromatic nitrogens is 2. The van der Waals surface area contributed by atoms with E-state index in [2.05, 4.69) is 42.5 Å². The molecule has 12 heteroatoms. The van der Waals surface area contributed by atoms with E-state index in [9.17, 15) is 10.5 Å². The molecule has 0 radical (unpaired) electrons. The fourth-order valence-electron chi connectivity index (χ4n) is 3.91. The third kappa shape index (κ3) is 10.6. The minimum atomic E-state index is -0.971. The Bertz CT molecular complexity index is 1670. The zero-order valence-corrected chi connectivity index (χ0v) is 28.1. The first-order valence-electron chi connectivity index (χ1n) is 13.9. The van der Waals surface area contributed by atoms with Gasteiger partial charge in [-0.15, -0.1) is 0 Å². The first-order chi connectivity index (χ1) is 22.2. The predicted octanol–water partition coefficient (Wildman–Crippen LogP) is 8.86. The van der Waals surface area contributed by atoms with Gasteiger partial charge in [0.25, 0.3) is 0 Å². The molecule has 0 aliphatic carbocycles. The maximum atomic E-state index is 10.4. The summed E-state index contributed by atoms with van der Waals surface area (Å²) in [4.78, 5) is 8.20. The zero-order valence-electron chi connectivity index (χ0n) is 25.0. The summed E-state index contributed by atoms with van der Waals surface area (Å²) in [6, 6.07) is 26.7. The Morgan fingerprint density at radius 2 is 1.09 bits per heavy atom. The van der Waals surface area contributed by atoms with Gasteiger partial charge in [0.2, 0.25) is 0 Å². The van der Waals surface area contributed by atoms with Crippen molar-refractivity contribution >= 4 is 68.6 Å². The van der Waals surface area contributed by atoms with Crippen LogP contribution in [-0.4, -0.2) is 43.3 Å². The highest BCUT2D eigenvalue weighted by molar-refractivity contribution is 8.77. The van der Waals surface area contributed by atoms with Crippen LogP contribution >= 0.6 is 44.8 Å². The second-order valence-electron chi connectivity index (χ2n) is 10.4.